The van der Waals surface area contributed by atoms with Gasteiger partial charge in [0, 0.05) is 11.3 Å². The van der Waals surface area contributed by atoms with Gasteiger partial charge in [-0.05, 0) is 33.3 Å². The molecule has 0 spiro atoms. The van der Waals surface area contributed by atoms with Crippen molar-refractivity contribution in [3.63, 3.8) is 0 Å². The summed E-state index contributed by atoms with van der Waals surface area (Å²) in [4.78, 5) is 11.4. The largest absolute Gasteiger partial charge is 0.322 e. The lowest BCUT2D eigenvalue weighted by molar-refractivity contribution is -0.116. The van der Waals surface area contributed by atoms with Gasteiger partial charge < -0.3 is 5.32 Å². The molecule has 0 aromatic carbocycles. The quantitative estimate of drug-likeness (QED) is 0.654. The lowest BCUT2D eigenvalue weighted by Crippen LogP contribution is -2.16. The molecule has 1 N–H and O–H groups in total. The van der Waals surface area contributed by atoms with Crippen LogP contribution in [-0.2, 0) is 4.79 Å². The first-order chi connectivity index (χ1) is 6.07. The van der Waals surface area contributed by atoms with E-state index in [1.54, 1.807) is 0 Å². The van der Waals surface area contributed by atoms with Crippen molar-refractivity contribution in [3.05, 3.63) is 34.6 Å². The van der Waals surface area contributed by atoms with Crippen molar-refractivity contribution in [2.24, 2.45) is 0 Å². The van der Waals surface area contributed by atoms with Crippen molar-refractivity contribution in [2.75, 3.05) is 0 Å². The van der Waals surface area contributed by atoms with Gasteiger partial charge in [-0.25, -0.2) is 0 Å². The van der Waals surface area contributed by atoms with Gasteiger partial charge in [0.2, 0.25) is 0 Å². The number of hydrogen-bond acceptors (Lipinski definition) is 1. The molecule has 13 heavy (non-hydrogen) atoms. The minimum atomic E-state index is 0.00630. The number of amides is 1. The Bertz CT molecular complexity index is 328. The van der Waals surface area contributed by atoms with Gasteiger partial charge in [-0.15, -0.1) is 0 Å². The van der Waals surface area contributed by atoms with Crippen LogP contribution in [0, 0.1) is 0 Å². The summed E-state index contributed by atoms with van der Waals surface area (Å²) in [7, 11) is 0. The highest BCUT2D eigenvalue weighted by Crippen LogP contribution is 2.23. The Morgan fingerprint density at radius 1 is 1.38 bits per heavy atom. The van der Waals surface area contributed by atoms with E-state index < -0.39 is 0 Å². The van der Waals surface area contributed by atoms with Gasteiger partial charge in [-0.1, -0.05) is 17.7 Å². The Morgan fingerprint density at radius 3 is 2.38 bits per heavy atom. The third-order valence-corrected chi connectivity index (χ3v) is 2.10. The topological polar surface area (TPSA) is 29.1 Å². The van der Waals surface area contributed by atoms with Gasteiger partial charge in [0.25, 0.3) is 5.91 Å². The Labute approximate surface area is 79.0 Å². The number of rotatable bonds is 1. The van der Waals surface area contributed by atoms with E-state index in [9.17, 15) is 4.79 Å². The standard InChI is InChI=1S/C11H15NO/c1-5-6-9-8(4)10(7(2)3)12-11(9)13/h5-6H,1-4H3,(H,12,13)/b6-5-. The van der Waals surface area contributed by atoms with Crippen LogP contribution in [0.25, 0.3) is 0 Å². The zero-order chi connectivity index (χ0) is 10.0. The summed E-state index contributed by atoms with van der Waals surface area (Å²) >= 11 is 0. The average molecular weight is 177 g/mol. The highest BCUT2D eigenvalue weighted by molar-refractivity contribution is 6.02. The summed E-state index contributed by atoms with van der Waals surface area (Å²) in [6, 6.07) is 0. The summed E-state index contributed by atoms with van der Waals surface area (Å²) in [6.07, 6.45) is 3.73. The molecule has 0 saturated carbocycles. The molecule has 1 aliphatic heterocycles. The van der Waals surface area contributed by atoms with Crippen LogP contribution in [-0.4, -0.2) is 5.91 Å². The molecule has 0 fully saturated rings. The minimum Gasteiger partial charge on any atom is -0.322 e. The second-order valence-electron chi connectivity index (χ2n) is 3.37. The average Bonchev–Trinajstić information content (AvgIpc) is 2.32. The fourth-order valence-corrected chi connectivity index (χ4v) is 1.45. The zero-order valence-electron chi connectivity index (χ0n) is 8.56. The molecular formula is C11H15NO. The summed E-state index contributed by atoms with van der Waals surface area (Å²) in [5.74, 6) is 0.00630. The van der Waals surface area contributed by atoms with E-state index in [-0.39, 0.29) is 5.91 Å². The van der Waals surface area contributed by atoms with Crippen LogP contribution in [0.3, 0.4) is 0 Å². The first kappa shape index (κ1) is 9.78. The molecule has 70 valence electrons. The van der Waals surface area contributed by atoms with Crippen LogP contribution in [0.5, 0.6) is 0 Å². The lowest BCUT2D eigenvalue weighted by Gasteiger charge is -2.01. The SMILES string of the molecule is C/C=C\C1=C(C)C(=C(C)C)NC1=O. The Morgan fingerprint density at radius 2 is 2.00 bits per heavy atom. The van der Waals surface area contributed by atoms with E-state index in [1.165, 1.54) is 0 Å². The second-order valence-corrected chi connectivity index (χ2v) is 3.37. The van der Waals surface area contributed by atoms with Gasteiger partial charge in [-0.3, -0.25) is 4.79 Å². The molecule has 0 atom stereocenters. The van der Waals surface area contributed by atoms with E-state index in [1.807, 2.05) is 39.8 Å². The Kier molecular flexibility index (Phi) is 2.71. The summed E-state index contributed by atoms with van der Waals surface area (Å²) < 4.78 is 0. The van der Waals surface area contributed by atoms with Crippen molar-refractivity contribution in [3.8, 4) is 0 Å². The zero-order valence-corrected chi connectivity index (χ0v) is 8.56. The summed E-state index contributed by atoms with van der Waals surface area (Å²) in [6.45, 7) is 7.87. The van der Waals surface area contributed by atoms with Gasteiger partial charge in [0.1, 0.15) is 0 Å². The Hall–Kier alpha value is -1.31. The molecule has 0 aliphatic carbocycles. The van der Waals surface area contributed by atoms with Gasteiger partial charge in [0.05, 0.1) is 0 Å². The molecule has 1 amide bonds. The predicted octanol–water partition coefficient (Wildman–Crippen LogP) is 2.30. The second kappa shape index (κ2) is 3.60. The van der Waals surface area contributed by atoms with Gasteiger partial charge >= 0.3 is 0 Å². The van der Waals surface area contributed by atoms with Gasteiger partial charge in [-0.2, -0.15) is 0 Å². The van der Waals surface area contributed by atoms with Crippen LogP contribution in [0.15, 0.2) is 34.6 Å². The number of carbonyl (C=O) groups excluding carboxylic acids is 1. The maximum Gasteiger partial charge on any atom is 0.256 e. The molecule has 0 bridgehead atoms. The number of hydrogen-bond donors (Lipinski definition) is 1. The monoisotopic (exact) mass is 177 g/mol. The first-order valence-electron chi connectivity index (χ1n) is 4.40. The van der Waals surface area contributed by atoms with Gasteiger partial charge in [0.15, 0.2) is 0 Å². The van der Waals surface area contributed by atoms with Crippen LogP contribution in [0.2, 0.25) is 0 Å². The fourth-order valence-electron chi connectivity index (χ4n) is 1.45. The van der Waals surface area contributed by atoms with Crippen molar-refractivity contribution in [1.82, 2.24) is 5.32 Å². The molecule has 0 aromatic rings. The third kappa shape index (κ3) is 1.72. The predicted molar refractivity (Wildman–Crippen MR) is 54.0 cm³/mol. The summed E-state index contributed by atoms with van der Waals surface area (Å²) in [5, 5.41) is 2.85. The molecule has 0 saturated heterocycles. The molecule has 0 radical (unpaired) electrons. The first-order valence-corrected chi connectivity index (χ1v) is 4.40. The molecule has 1 rings (SSSR count). The molecule has 2 heteroatoms. The van der Waals surface area contributed by atoms with Crippen molar-refractivity contribution in [1.29, 1.82) is 0 Å². The van der Waals surface area contributed by atoms with E-state index >= 15 is 0 Å². The molecular weight excluding hydrogens is 162 g/mol. The van der Waals surface area contributed by atoms with Crippen molar-refractivity contribution >= 4 is 5.91 Å². The molecule has 1 aliphatic rings. The molecule has 0 aromatic heterocycles. The van der Waals surface area contributed by atoms with Crippen molar-refractivity contribution in [2.45, 2.75) is 27.7 Å². The highest BCUT2D eigenvalue weighted by Gasteiger charge is 2.22. The van der Waals surface area contributed by atoms with E-state index in [0.717, 1.165) is 22.4 Å². The number of carbonyl (C=O) groups is 1. The van der Waals surface area contributed by atoms with Crippen molar-refractivity contribution < 1.29 is 4.79 Å². The molecule has 2 nitrogen and oxygen atoms in total. The number of allylic oxidation sites excluding steroid dienone is 3. The van der Waals surface area contributed by atoms with E-state index in [0.29, 0.717) is 0 Å². The Balaban J connectivity index is 3.19. The highest BCUT2D eigenvalue weighted by atomic mass is 16.1. The van der Waals surface area contributed by atoms with Crippen LogP contribution >= 0.6 is 0 Å². The third-order valence-electron chi connectivity index (χ3n) is 2.10. The van der Waals surface area contributed by atoms with Crippen LogP contribution < -0.4 is 5.32 Å². The maximum atomic E-state index is 11.4. The van der Waals surface area contributed by atoms with Crippen LogP contribution in [0.1, 0.15) is 27.7 Å². The lowest BCUT2D eigenvalue weighted by atomic mass is 10.1. The maximum absolute atomic E-state index is 11.4. The smallest absolute Gasteiger partial charge is 0.256 e. The molecule has 0 unspecified atom stereocenters. The normalized spacial score (nSPS) is 17.2. The fraction of sp³-hybridized carbons (Fsp3) is 0.364. The summed E-state index contributed by atoms with van der Waals surface area (Å²) in [5.41, 5.74) is 3.94. The minimum absolute atomic E-state index is 0.00630. The molecule has 1 heterocycles. The van der Waals surface area contributed by atoms with Crippen LogP contribution in [0.4, 0.5) is 0 Å². The van der Waals surface area contributed by atoms with E-state index in [2.05, 4.69) is 5.32 Å². The van der Waals surface area contributed by atoms with E-state index in [4.69, 9.17) is 0 Å². The number of nitrogens with one attached hydrogen (secondary N) is 1.